The number of ether oxygens (including phenoxy) is 1. The number of nitrogens with zero attached hydrogens (tertiary/aromatic N) is 7. The summed E-state index contributed by atoms with van der Waals surface area (Å²) in [6.45, 7) is 0.317. The number of fused-ring (bicyclic) bond motifs is 1. The van der Waals surface area contributed by atoms with E-state index in [0.717, 1.165) is 5.82 Å². The van der Waals surface area contributed by atoms with Gasteiger partial charge in [-0.25, -0.2) is 4.98 Å². The van der Waals surface area contributed by atoms with Gasteiger partial charge in [0.1, 0.15) is 19.3 Å². The molecular weight excluding hydrogens is 222 g/mol. The van der Waals surface area contributed by atoms with Crippen molar-refractivity contribution in [1.29, 1.82) is 0 Å². The van der Waals surface area contributed by atoms with Crippen LogP contribution in [0.2, 0.25) is 0 Å². The number of rotatable bonds is 3. The van der Waals surface area contributed by atoms with E-state index in [2.05, 4.69) is 25.4 Å². The zero-order chi connectivity index (χ0) is 11.7. The van der Waals surface area contributed by atoms with E-state index in [0.29, 0.717) is 18.1 Å². The van der Waals surface area contributed by atoms with Gasteiger partial charge in [-0.1, -0.05) is 0 Å². The second-order valence-electron chi connectivity index (χ2n) is 3.39. The molecule has 0 saturated carbocycles. The SMILES string of the molecule is Cn1ncnc1COc1ccc2nncn2n1. The lowest BCUT2D eigenvalue weighted by Crippen LogP contribution is -2.06. The lowest BCUT2D eigenvalue weighted by Gasteiger charge is -2.04. The van der Waals surface area contributed by atoms with Gasteiger partial charge < -0.3 is 4.74 Å². The molecule has 0 aliphatic carbocycles. The molecule has 0 aliphatic heterocycles. The van der Waals surface area contributed by atoms with Crippen LogP contribution in [0.15, 0.2) is 24.8 Å². The minimum Gasteiger partial charge on any atom is -0.468 e. The van der Waals surface area contributed by atoms with Gasteiger partial charge in [0.05, 0.1) is 0 Å². The van der Waals surface area contributed by atoms with Crippen LogP contribution in [0.4, 0.5) is 0 Å². The fraction of sp³-hybridized carbons (Fsp3) is 0.222. The molecule has 17 heavy (non-hydrogen) atoms. The Kier molecular flexibility index (Phi) is 2.18. The van der Waals surface area contributed by atoms with Crippen molar-refractivity contribution in [3.8, 4) is 5.88 Å². The van der Waals surface area contributed by atoms with Gasteiger partial charge in [0.25, 0.3) is 0 Å². The van der Waals surface area contributed by atoms with E-state index in [9.17, 15) is 0 Å². The number of aromatic nitrogens is 7. The standard InChI is InChI=1S/C9H9N7O/c1-15-8(10-5-12-15)4-17-9-3-2-7-13-11-6-16(7)14-9/h2-3,5-6H,4H2,1H3. The summed E-state index contributed by atoms with van der Waals surface area (Å²) in [5.41, 5.74) is 0.677. The third-order valence-corrected chi connectivity index (χ3v) is 2.29. The lowest BCUT2D eigenvalue weighted by molar-refractivity contribution is 0.274. The molecule has 3 heterocycles. The maximum atomic E-state index is 5.50. The summed E-state index contributed by atoms with van der Waals surface area (Å²) in [4.78, 5) is 4.05. The molecule has 8 heteroatoms. The molecule has 3 aromatic heterocycles. The van der Waals surface area contributed by atoms with Crippen LogP contribution in [0.3, 0.4) is 0 Å². The van der Waals surface area contributed by atoms with Crippen LogP contribution in [-0.4, -0.2) is 34.6 Å². The fourth-order valence-corrected chi connectivity index (χ4v) is 1.38. The quantitative estimate of drug-likeness (QED) is 0.622. The highest BCUT2D eigenvalue weighted by atomic mass is 16.5. The maximum absolute atomic E-state index is 5.50. The second-order valence-corrected chi connectivity index (χ2v) is 3.39. The zero-order valence-corrected chi connectivity index (χ0v) is 9.06. The van der Waals surface area contributed by atoms with Crippen LogP contribution < -0.4 is 4.74 Å². The average molecular weight is 231 g/mol. The van der Waals surface area contributed by atoms with Crippen LogP contribution >= 0.6 is 0 Å². The summed E-state index contributed by atoms with van der Waals surface area (Å²) in [5, 5.41) is 15.7. The Hall–Kier alpha value is -2.51. The minimum absolute atomic E-state index is 0.317. The molecule has 0 aromatic carbocycles. The van der Waals surface area contributed by atoms with E-state index in [1.54, 1.807) is 21.3 Å². The normalized spacial score (nSPS) is 10.9. The largest absolute Gasteiger partial charge is 0.468 e. The van der Waals surface area contributed by atoms with E-state index < -0.39 is 0 Å². The van der Waals surface area contributed by atoms with E-state index in [1.807, 2.05) is 7.05 Å². The van der Waals surface area contributed by atoms with E-state index >= 15 is 0 Å². The topological polar surface area (TPSA) is 83.0 Å². The van der Waals surface area contributed by atoms with Crippen LogP contribution in [0.5, 0.6) is 5.88 Å². The maximum Gasteiger partial charge on any atom is 0.232 e. The Balaban J connectivity index is 1.78. The van der Waals surface area contributed by atoms with Crippen molar-refractivity contribution in [1.82, 2.24) is 34.6 Å². The Labute approximate surface area is 95.9 Å². The summed E-state index contributed by atoms with van der Waals surface area (Å²) < 4.78 is 8.70. The smallest absolute Gasteiger partial charge is 0.232 e. The first kappa shape index (κ1) is 9.70. The summed E-state index contributed by atoms with van der Waals surface area (Å²) in [7, 11) is 1.81. The molecule has 0 saturated heterocycles. The van der Waals surface area contributed by atoms with Crippen molar-refractivity contribution in [3.63, 3.8) is 0 Å². The highest BCUT2D eigenvalue weighted by molar-refractivity contribution is 5.35. The molecule has 0 bridgehead atoms. The molecule has 0 N–H and O–H groups in total. The Morgan fingerprint density at radius 2 is 2.29 bits per heavy atom. The zero-order valence-electron chi connectivity index (χ0n) is 9.06. The predicted octanol–water partition coefficient (Wildman–Crippen LogP) is -0.168. The van der Waals surface area contributed by atoms with E-state index in [4.69, 9.17) is 4.74 Å². The van der Waals surface area contributed by atoms with Gasteiger partial charge in [-0.15, -0.1) is 15.3 Å². The molecule has 86 valence electrons. The molecule has 3 aromatic rings. The molecule has 8 nitrogen and oxygen atoms in total. The van der Waals surface area contributed by atoms with Gasteiger partial charge >= 0.3 is 0 Å². The molecule has 0 atom stereocenters. The summed E-state index contributed by atoms with van der Waals surface area (Å²) in [6, 6.07) is 3.52. The van der Waals surface area contributed by atoms with Gasteiger partial charge in [0.15, 0.2) is 11.5 Å². The van der Waals surface area contributed by atoms with Crippen LogP contribution in [0, 0.1) is 0 Å². The van der Waals surface area contributed by atoms with E-state index in [-0.39, 0.29) is 0 Å². The Morgan fingerprint density at radius 3 is 3.12 bits per heavy atom. The van der Waals surface area contributed by atoms with Gasteiger partial charge in [0, 0.05) is 13.1 Å². The predicted molar refractivity (Wildman–Crippen MR) is 56.1 cm³/mol. The molecule has 0 radical (unpaired) electrons. The van der Waals surface area contributed by atoms with Crippen molar-refractivity contribution in [3.05, 3.63) is 30.6 Å². The molecule has 0 aliphatic rings. The fourth-order valence-electron chi connectivity index (χ4n) is 1.38. The third kappa shape index (κ3) is 1.80. The Morgan fingerprint density at radius 1 is 1.35 bits per heavy atom. The number of hydrogen-bond donors (Lipinski definition) is 0. The summed E-state index contributed by atoms with van der Waals surface area (Å²) in [5.74, 6) is 1.22. The third-order valence-electron chi connectivity index (χ3n) is 2.29. The highest BCUT2D eigenvalue weighted by Crippen LogP contribution is 2.08. The van der Waals surface area contributed by atoms with E-state index in [1.165, 1.54) is 12.7 Å². The molecule has 0 unspecified atom stereocenters. The highest BCUT2D eigenvalue weighted by Gasteiger charge is 2.04. The first-order chi connectivity index (χ1) is 8.33. The number of hydrogen-bond acceptors (Lipinski definition) is 6. The minimum atomic E-state index is 0.317. The monoisotopic (exact) mass is 231 g/mol. The van der Waals surface area contributed by atoms with Crippen molar-refractivity contribution in [2.24, 2.45) is 7.05 Å². The molecular formula is C9H9N7O. The van der Waals surface area contributed by atoms with Gasteiger partial charge in [0.2, 0.25) is 5.88 Å². The van der Waals surface area contributed by atoms with Gasteiger partial charge in [-0.05, 0) is 6.07 Å². The van der Waals surface area contributed by atoms with Gasteiger partial charge in [-0.2, -0.15) is 9.61 Å². The number of aryl methyl sites for hydroxylation is 1. The second kappa shape index (κ2) is 3.81. The average Bonchev–Trinajstić information content (AvgIpc) is 2.94. The molecule has 0 spiro atoms. The van der Waals surface area contributed by atoms with Crippen LogP contribution in [0.25, 0.3) is 5.65 Å². The summed E-state index contributed by atoms with van der Waals surface area (Å²) >= 11 is 0. The first-order valence-electron chi connectivity index (χ1n) is 4.96. The van der Waals surface area contributed by atoms with Crippen molar-refractivity contribution in [2.75, 3.05) is 0 Å². The Bertz CT molecular complexity index is 643. The summed E-state index contributed by atoms with van der Waals surface area (Å²) in [6.07, 6.45) is 3.00. The van der Waals surface area contributed by atoms with Gasteiger partial charge in [-0.3, -0.25) is 4.68 Å². The van der Waals surface area contributed by atoms with Crippen molar-refractivity contribution in [2.45, 2.75) is 6.61 Å². The van der Waals surface area contributed by atoms with Crippen LogP contribution in [0.1, 0.15) is 5.82 Å². The van der Waals surface area contributed by atoms with Crippen molar-refractivity contribution < 1.29 is 4.74 Å². The molecule has 0 fully saturated rings. The van der Waals surface area contributed by atoms with Crippen molar-refractivity contribution >= 4 is 5.65 Å². The molecule has 0 amide bonds. The van der Waals surface area contributed by atoms with Crippen LogP contribution in [-0.2, 0) is 13.7 Å². The first-order valence-corrected chi connectivity index (χ1v) is 4.96. The molecule has 3 rings (SSSR count). The lowest BCUT2D eigenvalue weighted by atomic mass is 10.5.